The van der Waals surface area contributed by atoms with E-state index >= 15 is 0 Å². The topological polar surface area (TPSA) is 75.6 Å². The van der Waals surface area contributed by atoms with E-state index in [0.717, 1.165) is 28.7 Å². The summed E-state index contributed by atoms with van der Waals surface area (Å²) in [5, 5.41) is 3.52. The summed E-state index contributed by atoms with van der Waals surface area (Å²) in [5.41, 5.74) is 3.25. The van der Waals surface area contributed by atoms with Crippen molar-refractivity contribution in [2.75, 3.05) is 5.32 Å². The number of nitrogens with one attached hydrogen (secondary N) is 2. The lowest BCUT2D eigenvalue weighted by molar-refractivity contribution is -0.137. The number of hydrogen-bond donors (Lipinski definition) is 2. The Morgan fingerprint density at radius 2 is 1.86 bits per heavy atom. The maximum Gasteiger partial charge on any atom is 0.416 e. The van der Waals surface area contributed by atoms with Gasteiger partial charge >= 0.3 is 6.18 Å². The van der Waals surface area contributed by atoms with Crippen molar-refractivity contribution >= 4 is 22.6 Å². The maximum atomic E-state index is 13.6. The van der Waals surface area contributed by atoms with Gasteiger partial charge in [-0.25, -0.2) is 9.97 Å². The number of amides is 1. The van der Waals surface area contributed by atoms with E-state index in [0.29, 0.717) is 16.8 Å². The van der Waals surface area contributed by atoms with Gasteiger partial charge in [0.05, 0.1) is 17.6 Å². The molecule has 184 valence electrons. The number of alkyl halides is 3. The van der Waals surface area contributed by atoms with Crippen LogP contribution in [0.5, 0.6) is 0 Å². The Bertz CT molecular complexity index is 1700. The van der Waals surface area contributed by atoms with Crippen molar-refractivity contribution < 1.29 is 18.0 Å². The molecular weight excluding hydrogens is 479 g/mol. The Morgan fingerprint density at radius 3 is 2.62 bits per heavy atom. The molecule has 0 atom stereocenters. The Morgan fingerprint density at radius 1 is 1.03 bits per heavy atom. The highest BCUT2D eigenvalue weighted by Gasteiger charge is 2.31. The molecule has 0 unspecified atom stereocenters. The molecule has 1 amide bonds. The standard InChI is InChI=1S/C28H20F3N5O/c1-17-3-5-22(10-20(17)6-4-19-9-21-7-8-32-26(21)33-14-19)27(37)35-24-11-23(28(29,30)31)12-25(13-24)36-15-18(2)34-16-36/h3,5,7-16H,1-2H3,(H,32,33)(H,35,37). The number of hydrogen-bond acceptors (Lipinski definition) is 3. The van der Waals surface area contributed by atoms with E-state index < -0.39 is 17.6 Å². The molecule has 0 saturated carbocycles. The van der Waals surface area contributed by atoms with E-state index in [9.17, 15) is 18.0 Å². The van der Waals surface area contributed by atoms with Gasteiger partial charge in [0.15, 0.2) is 0 Å². The predicted molar refractivity (Wildman–Crippen MR) is 135 cm³/mol. The number of pyridine rings is 1. The van der Waals surface area contributed by atoms with Gasteiger partial charge in [-0.2, -0.15) is 13.2 Å². The molecule has 37 heavy (non-hydrogen) atoms. The van der Waals surface area contributed by atoms with Crippen molar-refractivity contribution in [3.8, 4) is 17.5 Å². The van der Waals surface area contributed by atoms with Gasteiger partial charge in [-0.3, -0.25) is 4.79 Å². The Balaban J connectivity index is 1.43. The number of benzene rings is 2. The van der Waals surface area contributed by atoms with Gasteiger partial charge < -0.3 is 14.9 Å². The van der Waals surface area contributed by atoms with Gasteiger partial charge in [-0.15, -0.1) is 0 Å². The molecule has 3 heterocycles. The van der Waals surface area contributed by atoms with Crippen LogP contribution in [-0.2, 0) is 6.18 Å². The number of anilines is 1. The molecule has 0 fully saturated rings. The molecule has 2 N–H and O–H groups in total. The lowest BCUT2D eigenvalue weighted by Gasteiger charge is -2.14. The monoisotopic (exact) mass is 499 g/mol. The molecule has 9 heteroatoms. The molecule has 0 radical (unpaired) electrons. The predicted octanol–water partition coefficient (Wildman–Crippen LogP) is 6.04. The summed E-state index contributed by atoms with van der Waals surface area (Å²) in [5.74, 6) is 5.58. The van der Waals surface area contributed by atoms with Crippen LogP contribution in [0.2, 0.25) is 0 Å². The van der Waals surface area contributed by atoms with Gasteiger partial charge in [0, 0.05) is 52.0 Å². The Labute approximate surface area is 210 Å². The third kappa shape index (κ3) is 5.23. The average molecular weight is 499 g/mol. The van der Waals surface area contributed by atoms with Crippen LogP contribution in [0, 0.1) is 25.7 Å². The van der Waals surface area contributed by atoms with Gasteiger partial charge in [0.2, 0.25) is 0 Å². The molecule has 0 bridgehead atoms. The maximum absolute atomic E-state index is 13.6. The number of nitrogens with zero attached hydrogens (tertiary/aromatic N) is 3. The first-order valence-electron chi connectivity index (χ1n) is 11.3. The molecule has 0 aliphatic heterocycles. The van der Waals surface area contributed by atoms with Crippen molar-refractivity contribution in [1.29, 1.82) is 0 Å². The fourth-order valence-electron chi connectivity index (χ4n) is 3.81. The van der Waals surface area contributed by atoms with Gasteiger partial charge in [0.1, 0.15) is 5.65 Å². The summed E-state index contributed by atoms with van der Waals surface area (Å²) < 4.78 is 42.2. The van der Waals surface area contributed by atoms with Crippen molar-refractivity contribution in [2.45, 2.75) is 20.0 Å². The van der Waals surface area contributed by atoms with Gasteiger partial charge in [-0.1, -0.05) is 17.9 Å². The molecule has 0 saturated heterocycles. The highest BCUT2D eigenvalue weighted by atomic mass is 19.4. The Hall–Kier alpha value is -4.84. The number of aromatic amines is 1. The van der Waals surface area contributed by atoms with Crippen molar-refractivity contribution in [2.24, 2.45) is 0 Å². The van der Waals surface area contributed by atoms with Crippen molar-refractivity contribution in [1.82, 2.24) is 19.5 Å². The van der Waals surface area contributed by atoms with E-state index in [1.165, 1.54) is 17.0 Å². The first kappa shape index (κ1) is 23.9. The largest absolute Gasteiger partial charge is 0.416 e. The number of carbonyl (C=O) groups is 1. The van der Waals surface area contributed by atoms with Gasteiger partial charge in [-0.05, 0) is 61.9 Å². The molecule has 6 nitrogen and oxygen atoms in total. The van der Waals surface area contributed by atoms with E-state index in [2.05, 4.69) is 32.1 Å². The van der Waals surface area contributed by atoms with E-state index in [1.54, 1.807) is 43.7 Å². The summed E-state index contributed by atoms with van der Waals surface area (Å²) in [4.78, 5) is 24.4. The van der Waals surface area contributed by atoms with Crippen LogP contribution in [0.3, 0.4) is 0 Å². The van der Waals surface area contributed by atoms with Crippen LogP contribution in [0.1, 0.15) is 38.3 Å². The quantitative estimate of drug-likeness (QED) is 0.298. The minimum absolute atomic E-state index is 0.0141. The second-order valence-corrected chi connectivity index (χ2v) is 8.56. The summed E-state index contributed by atoms with van der Waals surface area (Å²) >= 11 is 0. The van der Waals surface area contributed by atoms with Crippen LogP contribution in [0.15, 0.2) is 73.4 Å². The minimum atomic E-state index is -4.59. The number of halogens is 3. The lowest BCUT2D eigenvalue weighted by atomic mass is 10.0. The smallest absolute Gasteiger partial charge is 0.346 e. The minimum Gasteiger partial charge on any atom is -0.346 e. The normalized spacial score (nSPS) is 11.3. The Kier molecular flexibility index (Phi) is 6.01. The number of H-pyrrole nitrogens is 1. The summed E-state index contributed by atoms with van der Waals surface area (Å²) in [7, 11) is 0. The fourth-order valence-corrected chi connectivity index (χ4v) is 3.81. The average Bonchev–Trinajstić information content (AvgIpc) is 3.51. The second-order valence-electron chi connectivity index (χ2n) is 8.56. The first-order valence-corrected chi connectivity index (χ1v) is 11.3. The highest BCUT2D eigenvalue weighted by Crippen LogP contribution is 2.33. The molecule has 2 aromatic carbocycles. The lowest BCUT2D eigenvalue weighted by Crippen LogP contribution is -2.14. The summed E-state index contributed by atoms with van der Waals surface area (Å²) in [6.45, 7) is 3.60. The van der Waals surface area contributed by atoms with Crippen LogP contribution in [0.4, 0.5) is 18.9 Å². The summed E-state index contributed by atoms with van der Waals surface area (Å²) in [6, 6.07) is 12.2. The van der Waals surface area contributed by atoms with Crippen LogP contribution >= 0.6 is 0 Å². The number of aryl methyl sites for hydroxylation is 2. The van der Waals surface area contributed by atoms with Crippen LogP contribution < -0.4 is 5.32 Å². The van der Waals surface area contributed by atoms with E-state index in [4.69, 9.17) is 0 Å². The molecule has 0 spiro atoms. The van der Waals surface area contributed by atoms with E-state index in [-0.39, 0.29) is 16.9 Å². The first-order chi connectivity index (χ1) is 17.7. The zero-order valence-corrected chi connectivity index (χ0v) is 19.8. The van der Waals surface area contributed by atoms with Gasteiger partial charge in [0.25, 0.3) is 5.91 Å². The number of carbonyl (C=O) groups excluding carboxylic acids is 1. The number of fused-ring (bicyclic) bond motifs is 1. The summed E-state index contributed by atoms with van der Waals surface area (Å²) in [6.07, 6.45) is 1.89. The van der Waals surface area contributed by atoms with Crippen molar-refractivity contribution in [3.05, 3.63) is 107 Å². The van der Waals surface area contributed by atoms with Crippen LogP contribution in [-0.4, -0.2) is 25.4 Å². The fraction of sp³-hybridized carbons (Fsp3) is 0.107. The molecule has 5 rings (SSSR count). The number of imidazole rings is 1. The molecule has 3 aromatic heterocycles. The SMILES string of the molecule is Cc1cn(-c2cc(NC(=O)c3ccc(C)c(C#Cc4cnc5[nH]ccc5c4)c3)cc(C(F)(F)F)c2)cn1. The van der Waals surface area contributed by atoms with E-state index in [1.807, 2.05) is 19.1 Å². The molecule has 0 aliphatic carbocycles. The molecule has 0 aliphatic rings. The third-order valence-electron chi connectivity index (χ3n) is 5.75. The second kappa shape index (κ2) is 9.32. The highest BCUT2D eigenvalue weighted by molar-refractivity contribution is 6.04. The third-order valence-corrected chi connectivity index (χ3v) is 5.75. The number of aromatic nitrogens is 4. The van der Waals surface area contributed by atoms with Crippen LogP contribution in [0.25, 0.3) is 16.7 Å². The zero-order chi connectivity index (χ0) is 26.2. The molecular formula is C28H20F3N5O. The molecule has 5 aromatic rings. The van der Waals surface area contributed by atoms with Crippen molar-refractivity contribution in [3.63, 3.8) is 0 Å². The number of rotatable bonds is 3. The zero-order valence-electron chi connectivity index (χ0n) is 19.8.